The lowest BCUT2D eigenvalue weighted by atomic mass is 9.42. The summed E-state index contributed by atoms with van der Waals surface area (Å²) in [7, 11) is 1.79. The van der Waals surface area contributed by atoms with Crippen LogP contribution < -0.4 is 0 Å². The lowest BCUT2D eigenvalue weighted by Gasteiger charge is -2.69. The number of hydrogen-bond donors (Lipinski definition) is 1. The van der Waals surface area contributed by atoms with E-state index in [0.717, 1.165) is 32.4 Å². The Hall–Kier alpha value is -1.96. The quantitative estimate of drug-likeness (QED) is 0.643. The van der Waals surface area contributed by atoms with Crippen molar-refractivity contribution in [2.75, 3.05) is 20.2 Å². The average molecular weight is 496 g/mol. The molecule has 1 N–H and O–H groups in total. The van der Waals surface area contributed by atoms with Gasteiger partial charge in [-0.15, -0.1) is 0 Å². The van der Waals surface area contributed by atoms with E-state index in [9.17, 15) is 14.7 Å². The molecule has 11 atom stereocenters. The zero-order valence-corrected chi connectivity index (χ0v) is 21.4. The van der Waals surface area contributed by atoms with Crippen LogP contribution in [0, 0.1) is 34.5 Å². The Balaban J connectivity index is 1.46. The first-order valence-electron chi connectivity index (χ1n) is 13.8. The van der Waals surface area contributed by atoms with Crippen LogP contribution in [0.3, 0.4) is 0 Å². The van der Waals surface area contributed by atoms with Crippen molar-refractivity contribution in [1.29, 1.82) is 0 Å². The van der Waals surface area contributed by atoms with E-state index in [2.05, 4.69) is 18.7 Å². The van der Waals surface area contributed by atoms with Crippen LogP contribution in [0.5, 0.6) is 0 Å². The minimum atomic E-state index is -1.27. The molecule has 4 aliphatic carbocycles. The van der Waals surface area contributed by atoms with Crippen LogP contribution >= 0.6 is 0 Å². The molecule has 3 aliphatic heterocycles. The average Bonchev–Trinajstić information content (AvgIpc) is 2.92. The second kappa shape index (κ2) is 7.55. The summed E-state index contributed by atoms with van der Waals surface area (Å²) in [6.45, 7) is 6.29. The Bertz CT molecular complexity index is 1090. The predicted octanol–water partition coefficient (Wildman–Crippen LogP) is 3.05. The fourth-order valence-electron chi connectivity index (χ4n) is 10.5. The molecule has 7 nitrogen and oxygen atoms in total. The molecule has 0 aromatic heterocycles. The van der Waals surface area contributed by atoms with Gasteiger partial charge in [-0.2, -0.15) is 0 Å². The number of benzene rings is 1. The second-order valence-corrected chi connectivity index (χ2v) is 12.6. The topological polar surface area (TPSA) is 85.3 Å². The molecular weight excluding hydrogens is 458 g/mol. The van der Waals surface area contributed by atoms with Crippen LogP contribution in [0.2, 0.25) is 0 Å². The van der Waals surface area contributed by atoms with Crippen molar-refractivity contribution in [3.63, 3.8) is 0 Å². The van der Waals surface area contributed by atoms with Gasteiger partial charge in [-0.05, 0) is 62.1 Å². The SMILES string of the molecule is CCN1C[C@]2(C)CC[C@H](OC)[C@]34C5C[C@@H]6CC[C@@](O)(C5C(=O)O6)C(C13)[C@@H](OC(=O)c1ccccc1)C24. The minimum Gasteiger partial charge on any atom is -0.462 e. The van der Waals surface area contributed by atoms with E-state index in [1.54, 1.807) is 19.2 Å². The molecule has 0 amide bonds. The zero-order chi connectivity index (χ0) is 25.0. The Morgan fingerprint density at radius 1 is 1.22 bits per heavy atom. The number of nitrogens with zero attached hydrogens (tertiary/aromatic N) is 1. The van der Waals surface area contributed by atoms with Gasteiger partial charge in [0, 0.05) is 36.9 Å². The van der Waals surface area contributed by atoms with Crippen LogP contribution in [0.15, 0.2) is 30.3 Å². The van der Waals surface area contributed by atoms with Gasteiger partial charge in [-0.25, -0.2) is 4.79 Å². The number of piperidine rings is 1. The first-order chi connectivity index (χ1) is 17.3. The van der Waals surface area contributed by atoms with Crippen molar-refractivity contribution in [2.45, 2.75) is 75.9 Å². The first-order valence-corrected chi connectivity index (χ1v) is 13.8. The summed E-state index contributed by atoms with van der Waals surface area (Å²) in [5.74, 6) is -1.62. The van der Waals surface area contributed by atoms with Crippen LogP contribution in [-0.4, -0.2) is 72.1 Å². The van der Waals surface area contributed by atoms with Gasteiger partial charge < -0.3 is 19.3 Å². The molecule has 9 bridgehead atoms. The third-order valence-corrected chi connectivity index (χ3v) is 11.3. The predicted molar refractivity (Wildman–Crippen MR) is 130 cm³/mol. The molecule has 7 heteroatoms. The highest BCUT2D eigenvalue weighted by molar-refractivity contribution is 5.89. The molecule has 1 aromatic carbocycles. The summed E-state index contributed by atoms with van der Waals surface area (Å²) >= 11 is 0. The van der Waals surface area contributed by atoms with E-state index < -0.39 is 17.6 Å². The number of hydrogen-bond acceptors (Lipinski definition) is 7. The molecule has 0 radical (unpaired) electrons. The van der Waals surface area contributed by atoms with Gasteiger partial charge in [0.25, 0.3) is 0 Å². The highest BCUT2D eigenvalue weighted by Crippen LogP contribution is 2.77. The molecule has 4 saturated carbocycles. The maximum Gasteiger partial charge on any atom is 0.338 e. The monoisotopic (exact) mass is 495 g/mol. The van der Waals surface area contributed by atoms with Crippen molar-refractivity contribution >= 4 is 11.9 Å². The fourth-order valence-corrected chi connectivity index (χ4v) is 10.5. The lowest BCUT2D eigenvalue weighted by molar-refractivity contribution is -0.269. The van der Waals surface area contributed by atoms with Crippen molar-refractivity contribution < 1.29 is 28.9 Å². The van der Waals surface area contributed by atoms with Gasteiger partial charge in [0.2, 0.25) is 0 Å². The molecular formula is C29H37NO6. The van der Waals surface area contributed by atoms with E-state index >= 15 is 0 Å². The van der Waals surface area contributed by atoms with Gasteiger partial charge in [-0.1, -0.05) is 32.0 Å². The number of rotatable bonds is 4. The molecule has 7 fully saturated rings. The van der Waals surface area contributed by atoms with Crippen LogP contribution in [0.25, 0.3) is 0 Å². The maximum atomic E-state index is 13.5. The number of esters is 2. The van der Waals surface area contributed by atoms with Crippen LogP contribution in [-0.2, 0) is 19.0 Å². The van der Waals surface area contributed by atoms with E-state index in [0.29, 0.717) is 18.4 Å². The van der Waals surface area contributed by atoms with E-state index in [-0.39, 0.29) is 58.8 Å². The third-order valence-electron chi connectivity index (χ3n) is 11.3. The Kier molecular flexibility index (Phi) is 4.86. The second-order valence-electron chi connectivity index (χ2n) is 12.6. The highest BCUT2D eigenvalue weighted by Gasteiger charge is 2.85. The van der Waals surface area contributed by atoms with Gasteiger partial charge in [0.1, 0.15) is 12.2 Å². The Labute approximate surface area is 212 Å². The lowest BCUT2D eigenvalue weighted by Crippen LogP contribution is -2.76. The van der Waals surface area contributed by atoms with Crippen LogP contribution in [0.4, 0.5) is 0 Å². The van der Waals surface area contributed by atoms with Crippen molar-refractivity contribution in [1.82, 2.24) is 4.90 Å². The smallest absolute Gasteiger partial charge is 0.338 e. The molecule has 3 saturated heterocycles. The molecule has 1 spiro atoms. The van der Waals surface area contributed by atoms with Gasteiger partial charge in [0.15, 0.2) is 0 Å². The number of carbonyl (C=O) groups excluding carboxylic acids is 2. The van der Waals surface area contributed by atoms with E-state index in [1.165, 1.54) is 0 Å². The molecule has 8 rings (SSSR count). The fraction of sp³-hybridized carbons (Fsp3) is 0.724. The number of ether oxygens (including phenoxy) is 3. The zero-order valence-electron chi connectivity index (χ0n) is 21.4. The number of methoxy groups -OCH3 is 1. The molecule has 7 aliphatic rings. The van der Waals surface area contributed by atoms with E-state index in [4.69, 9.17) is 14.2 Å². The number of carbonyl (C=O) groups is 2. The normalized spacial score (nSPS) is 50.4. The Morgan fingerprint density at radius 3 is 2.72 bits per heavy atom. The summed E-state index contributed by atoms with van der Waals surface area (Å²) < 4.78 is 18.7. The third kappa shape index (κ3) is 2.60. The summed E-state index contributed by atoms with van der Waals surface area (Å²) in [4.78, 5) is 29.6. The maximum absolute atomic E-state index is 13.5. The molecule has 1 aromatic rings. The Morgan fingerprint density at radius 2 is 2.00 bits per heavy atom. The first kappa shape index (κ1) is 23.2. The number of aliphatic hydroxyl groups is 1. The minimum absolute atomic E-state index is 0.00435. The van der Waals surface area contributed by atoms with Crippen molar-refractivity contribution in [2.24, 2.45) is 34.5 Å². The largest absolute Gasteiger partial charge is 0.462 e. The standard InChI is InChI=1S/C29H37NO6/c1-4-30-15-27(2)12-11-19(34-3)29-18-14-17-10-13-28(33,20(18)26(32)35-17)21(24(29)30)22(23(27)29)36-25(31)16-8-6-5-7-9-16/h5-9,17-24,33H,4,10-15H2,1-3H3/t17-,18?,19-,20?,21?,22+,23?,24?,27-,28+,29-/m0/s1. The van der Waals surface area contributed by atoms with Crippen molar-refractivity contribution in [3.05, 3.63) is 35.9 Å². The summed E-state index contributed by atoms with van der Waals surface area (Å²) in [6.07, 6.45) is 3.10. The van der Waals surface area contributed by atoms with Gasteiger partial charge in [-0.3, -0.25) is 9.69 Å². The molecule has 3 heterocycles. The van der Waals surface area contributed by atoms with Crippen molar-refractivity contribution in [3.8, 4) is 0 Å². The van der Waals surface area contributed by atoms with Gasteiger partial charge >= 0.3 is 11.9 Å². The summed E-state index contributed by atoms with van der Waals surface area (Å²) in [5, 5.41) is 12.6. The van der Waals surface area contributed by atoms with Gasteiger partial charge in [0.05, 0.1) is 23.2 Å². The van der Waals surface area contributed by atoms with E-state index in [1.807, 2.05) is 18.2 Å². The molecule has 194 valence electrons. The van der Waals surface area contributed by atoms with Crippen LogP contribution in [0.1, 0.15) is 56.3 Å². The molecule has 36 heavy (non-hydrogen) atoms. The molecule has 5 unspecified atom stereocenters. The summed E-state index contributed by atoms with van der Waals surface area (Å²) in [6, 6.07) is 9.13. The summed E-state index contributed by atoms with van der Waals surface area (Å²) in [5.41, 5.74) is -1.23. The number of fused-ring (bicyclic) bond motifs is 2. The number of likely N-dealkylation sites (tertiary alicyclic amines) is 1. The highest BCUT2D eigenvalue weighted by atomic mass is 16.6.